The van der Waals surface area contributed by atoms with Crippen LogP contribution in [0, 0.1) is 0 Å². The minimum atomic E-state index is -5.75. The highest BCUT2D eigenvalue weighted by Crippen LogP contribution is 2.68. The van der Waals surface area contributed by atoms with Gasteiger partial charge in [0.15, 0.2) is 0 Å². The number of hydrogen-bond donors (Lipinski definition) is 1. The lowest BCUT2D eigenvalue weighted by atomic mass is 10.4. The fraction of sp³-hybridized carbons (Fsp3) is 0.269. The molecular weight excluding hydrogens is 542 g/mol. The van der Waals surface area contributed by atoms with Gasteiger partial charge in [0.1, 0.15) is 6.61 Å². The Kier molecular flexibility index (Phi) is 10.8. The van der Waals surface area contributed by atoms with Crippen molar-refractivity contribution >= 4 is 26.4 Å². The first-order valence-electron chi connectivity index (χ1n) is 11.5. The Hall–Kier alpha value is -2.87. The van der Waals surface area contributed by atoms with Crippen molar-refractivity contribution in [2.75, 3.05) is 39.6 Å². The summed E-state index contributed by atoms with van der Waals surface area (Å²) in [6, 6.07) is 24.8. The van der Waals surface area contributed by atoms with Crippen molar-refractivity contribution in [1.82, 2.24) is 0 Å². The molecule has 0 radical (unpaired) electrons. The number of esters is 1. The maximum absolute atomic E-state index is 15.2. The van der Waals surface area contributed by atoms with Gasteiger partial charge >= 0.3 is 21.3 Å². The van der Waals surface area contributed by atoms with Crippen molar-refractivity contribution in [3.63, 3.8) is 0 Å². The van der Waals surface area contributed by atoms with Gasteiger partial charge in [0.25, 0.3) is 0 Å². The standard InChI is InChI=1S/C26H28F2O8S2/c27-26(28,25(30)35-21-20-34-19-18-33-17-16-29)38(31,32)36-37(22-10-4-1-5-11-22,23-12-6-2-7-13-23)24-14-8-3-9-15-24/h1-15,29H,16-21H2/p+1. The van der Waals surface area contributed by atoms with Gasteiger partial charge in [0, 0.05) is 0 Å². The number of rotatable bonds is 15. The van der Waals surface area contributed by atoms with E-state index in [2.05, 4.69) is 8.37 Å². The van der Waals surface area contributed by atoms with Gasteiger partial charge in [-0.05, 0) is 36.4 Å². The minimum Gasteiger partial charge on any atom is -0.458 e. The summed E-state index contributed by atoms with van der Waals surface area (Å²) in [5.41, 5.74) is 0. The van der Waals surface area contributed by atoms with E-state index in [1.165, 1.54) is 0 Å². The van der Waals surface area contributed by atoms with E-state index in [9.17, 15) is 13.2 Å². The van der Waals surface area contributed by atoms with Crippen LogP contribution in [0.25, 0.3) is 0 Å². The van der Waals surface area contributed by atoms with Crippen LogP contribution in [-0.4, -0.2) is 68.0 Å². The van der Waals surface area contributed by atoms with Gasteiger partial charge in [-0.15, -0.1) is 8.42 Å². The number of halogens is 2. The molecule has 0 spiro atoms. The van der Waals surface area contributed by atoms with Crippen LogP contribution >= 0.6 is 10.3 Å². The Labute approximate surface area is 221 Å². The van der Waals surface area contributed by atoms with Crippen molar-refractivity contribution in [3.8, 4) is 0 Å². The van der Waals surface area contributed by atoms with Crippen LogP contribution < -0.4 is 0 Å². The molecular formula is C26H29F2O8S2+. The largest absolute Gasteiger partial charge is 0.514 e. The van der Waals surface area contributed by atoms with E-state index < -0.39 is 38.3 Å². The first kappa shape index (κ1) is 29.7. The quantitative estimate of drug-likeness (QED) is 0.124. The molecule has 0 fully saturated rings. The van der Waals surface area contributed by atoms with Gasteiger partial charge in [0.05, 0.1) is 58.0 Å². The molecule has 8 nitrogen and oxygen atoms in total. The smallest absolute Gasteiger partial charge is 0.458 e. The normalized spacial score (nSPS) is 12.7. The number of hydrogen-bond acceptors (Lipinski definition) is 7. The van der Waals surface area contributed by atoms with Gasteiger partial charge in [-0.3, -0.25) is 3.63 Å². The third-order valence-corrected chi connectivity index (χ3v) is 10.5. The highest BCUT2D eigenvalue weighted by molar-refractivity contribution is 8.32. The second kappa shape index (κ2) is 13.8. The number of benzene rings is 3. The summed E-state index contributed by atoms with van der Waals surface area (Å²) in [4.78, 5) is 13.4. The molecule has 0 aliphatic rings. The maximum atomic E-state index is 15.2. The number of carbonyl (C=O) groups is 1. The van der Waals surface area contributed by atoms with Crippen LogP contribution in [0.1, 0.15) is 0 Å². The molecule has 0 unspecified atom stereocenters. The highest BCUT2D eigenvalue weighted by Gasteiger charge is 2.63. The molecule has 3 aromatic rings. The van der Waals surface area contributed by atoms with Crippen LogP contribution in [0.5, 0.6) is 0 Å². The third kappa shape index (κ3) is 6.95. The second-order valence-electron chi connectivity index (χ2n) is 7.67. The first-order chi connectivity index (χ1) is 18.3. The molecule has 2 N–H and O–H groups in total. The molecule has 3 rings (SSSR count). The SMILES string of the molecule is O=C(OCCOCCOCCO)C(F)(F)S(=O)(=O)[OH+]S(c1ccccc1)(c1ccccc1)c1ccccc1. The average molecular weight is 572 g/mol. The summed E-state index contributed by atoms with van der Waals surface area (Å²) in [5, 5.41) is 3.67. The molecule has 0 bridgehead atoms. The Morgan fingerprint density at radius 2 is 1.11 bits per heavy atom. The van der Waals surface area contributed by atoms with E-state index in [0.29, 0.717) is 14.7 Å². The molecule has 3 aromatic carbocycles. The van der Waals surface area contributed by atoms with Crippen molar-refractivity contribution in [3.05, 3.63) is 91.0 Å². The molecule has 12 heteroatoms. The van der Waals surface area contributed by atoms with Gasteiger partial charge in [-0.2, -0.15) is 8.78 Å². The summed E-state index contributed by atoms with van der Waals surface area (Å²) in [5.74, 6) is -2.25. The fourth-order valence-corrected chi connectivity index (χ4v) is 8.68. The van der Waals surface area contributed by atoms with Crippen molar-refractivity contribution in [1.29, 1.82) is 0 Å². The van der Waals surface area contributed by atoms with Crippen molar-refractivity contribution in [2.24, 2.45) is 0 Å². The van der Waals surface area contributed by atoms with Gasteiger partial charge in [-0.25, -0.2) is 4.79 Å². The molecule has 0 heterocycles. The summed E-state index contributed by atoms with van der Waals surface area (Å²) >= 11 is 0. The molecule has 38 heavy (non-hydrogen) atoms. The Morgan fingerprint density at radius 3 is 1.53 bits per heavy atom. The molecule has 206 valence electrons. The van der Waals surface area contributed by atoms with E-state index in [1.54, 1.807) is 91.0 Å². The molecule has 0 aromatic heterocycles. The van der Waals surface area contributed by atoms with Crippen LogP contribution in [0.3, 0.4) is 0 Å². The zero-order valence-corrected chi connectivity index (χ0v) is 22.0. The van der Waals surface area contributed by atoms with E-state index in [0.717, 1.165) is 0 Å². The zero-order chi connectivity index (χ0) is 27.5. The molecule has 0 saturated heterocycles. The Bertz CT molecular complexity index is 1150. The van der Waals surface area contributed by atoms with Crippen LogP contribution in [0.15, 0.2) is 106 Å². The maximum Gasteiger partial charge on any atom is 0.514 e. The predicted molar refractivity (Wildman–Crippen MR) is 138 cm³/mol. The summed E-state index contributed by atoms with van der Waals surface area (Å²) in [6.45, 7) is -0.689. The van der Waals surface area contributed by atoms with Crippen LogP contribution in [-0.2, 0) is 29.1 Å². The van der Waals surface area contributed by atoms with E-state index in [4.69, 9.17) is 14.6 Å². The first-order valence-corrected chi connectivity index (χ1v) is 14.6. The van der Waals surface area contributed by atoms with Gasteiger partial charge < -0.3 is 19.3 Å². The second-order valence-corrected chi connectivity index (χ2v) is 12.3. The minimum absolute atomic E-state index is 0.0681. The Balaban J connectivity index is 1.89. The highest BCUT2D eigenvalue weighted by atomic mass is 32.3. The molecule has 0 aliphatic carbocycles. The van der Waals surface area contributed by atoms with Crippen LogP contribution in [0.4, 0.5) is 8.78 Å². The van der Waals surface area contributed by atoms with Crippen LogP contribution in [0.2, 0.25) is 0 Å². The van der Waals surface area contributed by atoms with Gasteiger partial charge in [0.2, 0.25) is 0 Å². The molecule has 0 saturated carbocycles. The summed E-state index contributed by atoms with van der Waals surface area (Å²) in [6.07, 6.45) is 0. The fourth-order valence-electron chi connectivity index (χ4n) is 3.35. The number of alkyl halides is 2. The zero-order valence-electron chi connectivity index (χ0n) is 20.3. The average Bonchev–Trinajstić information content (AvgIpc) is 2.94. The van der Waals surface area contributed by atoms with Crippen molar-refractivity contribution in [2.45, 2.75) is 19.9 Å². The lowest BCUT2D eigenvalue weighted by molar-refractivity contribution is -0.163. The summed E-state index contributed by atoms with van der Waals surface area (Å²) in [7, 11) is -8.90. The predicted octanol–water partition coefficient (Wildman–Crippen LogP) is 4.47. The number of carbonyl (C=O) groups excluding carboxylic acids is 1. The number of aliphatic hydroxyl groups is 1. The van der Waals surface area contributed by atoms with E-state index >= 15 is 8.78 Å². The lowest BCUT2D eigenvalue weighted by Crippen LogP contribution is -2.42. The third-order valence-electron chi connectivity index (χ3n) is 5.09. The van der Waals surface area contributed by atoms with Gasteiger partial charge in [-0.1, -0.05) is 54.6 Å². The number of ether oxygens (including phenoxy) is 3. The monoisotopic (exact) mass is 571 g/mol. The lowest BCUT2D eigenvalue weighted by Gasteiger charge is -2.35. The molecule has 0 atom stereocenters. The molecule has 0 amide bonds. The number of aliphatic hydroxyl groups excluding tert-OH is 1. The van der Waals surface area contributed by atoms with E-state index in [-0.39, 0.29) is 33.0 Å². The van der Waals surface area contributed by atoms with E-state index in [1.807, 2.05) is 0 Å². The topological polar surface area (TPSA) is 112 Å². The Morgan fingerprint density at radius 1 is 0.711 bits per heavy atom. The summed E-state index contributed by atoms with van der Waals surface area (Å²) < 4.78 is 75.2. The van der Waals surface area contributed by atoms with Crippen molar-refractivity contribution < 1.29 is 44.9 Å². The molecule has 0 aliphatic heterocycles.